The number of halogens is 1. The molecular weight excluding hydrogens is 426 g/mol. The Morgan fingerprint density at radius 3 is 3.07 bits per heavy atom. The zero-order valence-electron chi connectivity index (χ0n) is 16.0. The second-order valence-corrected chi connectivity index (χ2v) is 9.39. The van der Waals surface area contributed by atoms with Gasteiger partial charge in [0, 0.05) is 22.1 Å². The number of thiophene rings is 1. The third kappa shape index (κ3) is 3.99. The average molecular weight is 446 g/mol. The topological polar surface area (TPSA) is 64.0 Å². The number of rotatable bonds is 6. The highest BCUT2D eigenvalue weighted by molar-refractivity contribution is 7.99. The number of allylic oxidation sites excluding steroid dienone is 1. The van der Waals surface area contributed by atoms with Gasteiger partial charge in [-0.25, -0.2) is 4.98 Å². The Labute approximate surface area is 181 Å². The van der Waals surface area contributed by atoms with Crippen molar-refractivity contribution >= 4 is 56.5 Å². The third-order valence-electron chi connectivity index (χ3n) is 4.91. The molecule has 0 bridgehead atoms. The Bertz CT molecular complexity index is 1180. The lowest BCUT2D eigenvalue weighted by Gasteiger charge is -2.11. The van der Waals surface area contributed by atoms with Crippen LogP contribution in [0.15, 0.2) is 40.8 Å². The quantitative estimate of drug-likeness (QED) is 0.335. The van der Waals surface area contributed by atoms with Crippen LogP contribution in [0.1, 0.15) is 22.4 Å². The van der Waals surface area contributed by atoms with Crippen molar-refractivity contribution in [1.82, 2.24) is 9.55 Å². The number of aryl methyl sites for hydroxylation is 3. The third-order valence-corrected chi connectivity index (χ3v) is 7.30. The predicted molar refractivity (Wildman–Crippen MR) is 122 cm³/mol. The van der Waals surface area contributed by atoms with Gasteiger partial charge in [0.1, 0.15) is 4.83 Å². The van der Waals surface area contributed by atoms with Crippen molar-refractivity contribution in [3.05, 3.63) is 62.2 Å². The zero-order valence-corrected chi connectivity index (χ0v) is 18.3. The smallest absolute Gasteiger partial charge is 0.263 e. The minimum absolute atomic E-state index is 0.0390. The van der Waals surface area contributed by atoms with Crippen molar-refractivity contribution in [2.24, 2.45) is 0 Å². The highest BCUT2D eigenvalue weighted by Crippen LogP contribution is 2.35. The van der Waals surface area contributed by atoms with Crippen molar-refractivity contribution in [2.45, 2.75) is 37.9 Å². The van der Waals surface area contributed by atoms with Crippen molar-refractivity contribution in [3.63, 3.8) is 0 Å². The summed E-state index contributed by atoms with van der Waals surface area (Å²) in [6.45, 7) is 6.04. The van der Waals surface area contributed by atoms with Crippen LogP contribution in [0, 0.1) is 6.92 Å². The van der Waals surface area contributed by atoms with E-state index in [-0.39, 0.29) is 17.2 Å². The summed E-state index contributed by atoms with van der Waals surface area (Å²) >= 11 is 8.88. The van der Waals surface area contributed by atoms with Crippen LogP contribution in [0.25, 0.3) is 10.2 Å². The van der Waals surface area contributed by atoms with Gasteiger partial charge in [-0.1, -0.05) is 35.5 Å². The number of benzene rings is 1. The standard InChI is InChI=1S/C21H20ClN3O2S2/c1-3-9-25-20(27)18-14-5-4-6-16(14)29-19(18)24-21(25)28-11-17(26)23-15-10-13(22)8-7-12(15)2/h3,7-8,10H,1,4-6,9,11H2,2H3,(H,23,26). The maximum Gasteiger partial charge on any atom is 0.263 e. The molecular formula is C21H20ClN3O2S2. The van der Waals surface area contributed by atoms with Crippen molar-refractivity contribution in [3.8, 4) is 0 Å². The van der Waals surface area contributed by atoms with E-state index < -0.39 is 0 Å². The fourth-order valence-electron chi connectivity index (χ4n) is 3.50. The summed E-state index contributed by atoms with van der Waals surface area (Å²) in [6.07, 6.45) is 4.73. The number of aromatic nitrogens is 2. The maximum absolute atomic E-state index is 13.1. The first-order chi connectivity index (χ1) is 14.0. The van der Waals surface area contributed by atoms with Gasteiger partial charge in [0.15, 0.2) is 5.16 Å². The van der Waals surface area contributed by atoms with E-state index in [9.17, 15) is 9.59 Å². The molecule has 4 rings (SSSR count). The van der Waals surface area contributed by atoms with Crippen molar-refractivity contribution < 1.29 is 4.79 Å². The molecule has 150 valence electrons. The molecule has 2 heterocycles. The SMILES string of the molecule is C=CCn1c(SCC(=O)Nc2cc(Cl)ccc2C)nc2sc3c(c2c1=O)CCC3. The summed E-state index contributed by atoms with van der Waals surface area (Å²) in [6, 6.07) is 5.37. The molecule has 0 radical (unpaired) electrons. The van der Waals surface area contributed by atoms with E-state index in [4.69, 9.17) is 16.6 Å². The van der Waals surface area contributed by atoms with Gasteiger partial charge >= 0.3 is 0 Å². The fraction of sp³-hybridized carbons (Fsp3) is 0.286. The predicted octanol–water partition coefficient (Wildman–Crippen LogP) is 4.83. The van der Waals surface area contributed by atoms with E-state index in [1.807, 2.05) is 13.0 Å². The summed E-state index contributed by atoms with van der Waals surface area (Å²) in [7, 11) is 0. The van der Waals surface area contributed by atoms with Crippen LogP contribution in [-0.4, -0.2) is 21.2 Å². The number of hydrogen-bond acceptors (Lipinski definition) is 5. The van der Waals surface area contributed by atoms with Crippen LogP contribution in [0.4, 0.5) is 5.69 Å². The average Bonchev–Trinajstić information content (AvgIpc) is 3.26. The number of carbonyl (C=O) groups excluding carboxylic acids is 1. The van der Waals surface area contributed by atoms with Gasteiger partial charge in [0.25, 0.3) is 5.56 Å². The molecule has 1 aliphatic carbocycles. The Morgan fingerprint density at radius 2 is 2.28 bits per heavy atom. The van der Waals surface area contributed by atoms with Crippen LogP contribution in [-0.2, 0) is 24.2 Å². The van der Waals surface area contributed by atoms with E-state index in [2.05, 4.69) is 11.9 Å². The Kier molecular flexibility index (Phi) is 5.81. The second-order valence-electron chi connectivity index (χ2n) is 6.93. The molecule has 0 spiro atoms. The molecule has 1 aliphatic rings. The van der Waals surface area contributed by atoms with E-state index >= 15 is 0 Å². The van der Waals surface area contributed by atoms with E-state index in [1.165, 1.54) is 16.6 Å². The summed E-state index contributed by atoms with van der Waals surface area (Å²) < 4.78 is 1.61. The minimum atomic E-state index is -0.173. The van der Waals surface area contributed by atoms with Crippen molar-refractivity contribution in [1.29, 1.82) is 0 Å². The summed E-state index contributed by atoms with van der Waals surface area (Å²) in [5.41, 5.74) is 2.74. The lowest BCUT2D eigenvalue weighted by molar-refractivity contribution is -0.113. The van der Waals surface area contributed by atoms with Gasteiger partial charge in [-0.2, -0.15) is 0 Å². The van der Waals surface area contributed by atoms with Crippen molar-refractivity contribution in [2.75, 3.05) is 11.1 Å². The number of amides is 1. The molecule has 0 unspecified atom stereocenters. The Morgan fingerprint density at radius 1 is 1.45 bits per heavy atom. The van der Waals surface area contributed by atoms with Gasteiger partial charge in [-0.05, 0) is 49.4 Å². The van der Waals surface area contributed by atoms with Crippen LogP contribution in [0.5, 0.6) is 0 Å². The molecule has 5 nitrogen and oxygen atoms in total. The highest BCUT2D eigenvalue weighted by Gasteiger charge is 2.23. The fourth-order valence-corrected chi connectivity index (χ4v) is 5.79. The minimum Gasteiger partial charge on any atom is -0.325 e. The molecule has 0 saturated heterocycles. The molecule has 3 aromatic rings. The lowest BCUT2D eigenvalue weighted by Crippen LogP contribution is -2.24. The summed E-state index contributed by atoms with van der Waals surface area (Å²) in [5.74, 6) is -0.0277. The molecule has 0 saturated carbocycles. The molecule has 1 aromatic carbocycles. The van der Waals surface area contributed by atoms with E-state index in [0.29, 0.717) is 22.4 Å². The number of nitrogens with one attached hydrogen (secondary N) is 1. The number of nitrogens with zero attached hydrogens (tertiary/aromatic N) is 2. The number of carbonyl (C=O) groups is 1. The monoisotopic (exact) mass is 445 g/mol. The molecule has 0 aliphatic heterocycles. The first kappa shape index (κ1) is 20.2. The highest BCUT2D eigenvalue weighted by atomic mass is 35.5. The molecule has 0 atom stereocenters. The molecule has 2 aromatic heterocycles. The van der Waals surface area contributed by atoms with Gasteiger partial charge in [0.05, 0.1) is 11.1 Å². The Balaban J connectivity index is 1.59. The summed E-state index contributed by atoms with van der Waals surface area (Å²) in [5, 5.41) is 4.73. The molecule has 1 N–H and O–H groups in total. The number of hydrogen-bond donors (Lipinski definition) is 1. The van der Waals surface area contributed by atoms with Crippen LogP contribution in [0.2, 0.25) is 5.02 Å². The number of anilines is 1. The largest absolute Gasteiger partial charge is 0.325 e. The van der Waals surface area contributed by atoms with Gasteiger partial charge < -0.3 is 5.32 Å². The molecule has 29 heavy (non-hydrogen) atoms. The second kappa shape index (κ2) is 8.34. The molecule has 0 fully saturated rings. The summed E-state index contributed by atoms with van der Waals surface area (Å²) in [4.78, 5) is 32.4. The molecule has 8 heteroatoms. The van der Waals surface area contributed by atoms with E-state index in [0.717, 1.165) is 40.6 Å². The van der Waals surface area contributed by atoms with Gasteiger partial charge in [0.2, 0.25) is 5.91 Å². The lowest BCUT2D eigenvalue weighted by atomic mass is 10.2. The van der Waals surface area contributed by atoms with E-state index in [1.54, 1.807) is 34.1 Å². The number of fused-ring (bicyclic) bond motifs is 3. The van der Waals surface area contributed by atoms with Crippen LogP contribution < -0.4 is 10.9 Å². The zero-order chi connectivity index (χ0) is 20.5. The molecule has 1 amide bonds. The maximum atomic E-state index is 13.1. The number of thioether (sulfide) groups is 1. The van der Waals surface area contributed by atoms with Crippen LogP contribution in [0.3, 0.4) is 0 Å². The van der Waals surface area contributed by atoms with Crippen LogP contribution >= 0.6 is 34.7 Å². The van der Waals surface area contributed by atoms with Gasteiger partial charge in [-0.15, -0.1) is 17.9 Å². The first-order valence-electron chi connectivity index (χ1n) is 9.32. The Hall–Kier alpha value is -2.09. The normalized spacial score (nSPS) is 12.9. The first-order valence-corrected chi connectivity index (χ1v) is 11.5. The van der Waals surface area contributed by atoms with Gasteiger partial charge in [-0.3, -0.25) is 14.2 Å².